The van der Waals surface area contributed by atoms with Crippen molar-refractivity contribution in [2.75, 3.05) is 5.01 Å². The van der Waals surface area contributed by atoms with Crippen molar-refractivity contribution in [1.82, 2.24) is 4.98 Å². The third-order valence-electron chi connectivity index (χ3n) is 4.06. The van der Waals surface area contributed by atoms with Crippen LogP contribution in [0.3, 0.4) is 0 Å². The van der Waals surface area contributed by atoms with Gasteiger partial charge in [0.2, 0.25) is 5.88 Å². The highest BCUT2D eigenvalue weighted by Gasteiger charge is 2.26. The van der Waals surface area contributed by atoms with Crippen molar-refractivity contribution < 1.29 is 5.11 Å². The van der Waals surface area contributed by atoms with Crippen molar-refractivity contribution in [3.63, 3.8) is 0 Å². The SMILES string of the molecule is N=C1c2c(O)[nH]c(=O)/c(=C/c3ccccc3Br)c2=NN1c1ccccc1. The first-order valence-corrected chi connectivity index (χ1v) is 8.60. The van der Waals surface area contributed by atoms with E-state index >= 15 is 0 Å². The molecule has 3 aromatic rings. The molecule has 0 saturated carbocycles. The Morgan fingerprint density at radius 3 is 2.54 bits per heavy atom. The summed E-state index contributed by atoms with van der Waals surface area (Å²) in [7, 11) is 0. The van der Waals surface area contributed by atoms with Crippen LogP contribution in [0.4, 0.5) is 5.69 Å². The summed E-state index contributed by atoms with van der Waals surface area (Å²) in [5.41, 5.74) is 1.20. The molecule has 26 heavy (non-hydrogen) atoms. The quantitative estimate of drug-likeness (QED) is 0.605. The Morgan fingerprint density at radius 1 is 1.12 bits per heavy atom. The standard InChI is InChI=1S/C19H13BrN4O2/c20-14-9-5-4-6-11(14)10-13-16-15(19(26)22-18(13)25)17(21)24(23-16)12-7-2-1-3-8-12/h1-10,21,26H,(H,22,25)/b13-10+,21-17?. The molecule has 0 saturated heterocycles. The number of fused-ring (bicyclic) bond motifs is 1. The average Bonchev–Trinajstić information content (AvgIpc) is 2.98. The number of para-hydroxylation sites is 1. The molecule has 7 heteroatoms. The van der Waals surface area contributed by atoms with E-state index in [0.717, 1.165) is 10.0 Å². The normalized spacial score (nSPS) is 13.7. The van der Waals surface area contributed by atoms with Crippen LogP contribution in [-0.2, 0) is 0 Å². The molecule has 0 radical (unpaired) electrons. The summed E-state index contributed by atoms with van der Waals surface area (Å²) >= 11 is 3.46. The van der Waals surface area contributed by atoms with E-state index in [1.807, 2.05) is 42.5 Å². The average molecular weight is 409 g/mol. The second-order valence-electron chi connectivity index (χ2n) is 5.70. The zero-order valence-electron chi connectivity index (χ0n) is 13.4. The van der Waals surface area contributed by atoms with Gasteiger partial charge in [-0.15, -0.1) is 0 Å². The summed E-state index contributed by atoms with van der Waals surface area (Å²) in [6.07, 6.45) is 1.69. The first-order valence-electron chi connectivity index (χ1n) is 7.80. The molecular weight excluding hydrogens is 396 g/mol. The van der Waals surface area contributed by atoms with E-state index in [2.05, 4.69) is 26.0 Å². The lowest BCUT2D eigenvalue weighted by molar-refractivity contribution is 0.449. The molecule has 0 unspecified atom stereocenters. The van der Waals surface area contributed by atoms with Crippen LogP contribution < -0.4 is 21.1 Å². The minimum atomic E-state index is -0.469. The molecular formula is C19H13BrN4O2. The molecule has 2 heterocycles. The molecule has 1 aromatic heterocycles. The highest BCUT2D eigenvalue weighted by Crippen LogP contribution is 2.21. The zero-order chi connectivity index (χ0) is 18.3. The van der Waals surface area contributed by atoms with Gasteiger partial charge in [0.25, 0.3) is 5.56 Å². The number of anilines is 1. The largest absolute Gasteiger partial charge is 0.494 e. The van der Waals surface area contributed by atoms with Gasteiger partial charge in [-0.2, -0.15) is 5.10 Å². The van der Waals surface area contributed by atoms with Gasteiger partial charge >= 0.3 is 0 Å². The Morgan fingerprint density at radius 2 is 1.81 bits per heavy atom. The number of hydrogen-bond acceptors (Lipinski definition) is 4. The maximum atomic E-state index is 12.5. The van der Waals surface area contributed by atoms with Crippen molar-refractivity contribution >= 4 is 33.5 Å². The fraction of sp³-hybridized carbons (Fsp3) is 0. The monoisotopic (exact) mass is 408 g/mol. The fourth-order valence-corrected chi connectivity index (χ4v) is 3.21. The fourth-order valence-electron chi connectivity index (χ4n) is 2.81. The van der Waals surface area contributed by atoms with Crippen molar-refractivity contribution in [3.8, 4) is 5.88 Å². The summed E-state index contributed by atoms with van der Waals surface area (Å²) in [6.45, 7) is 0. The first kappa shape index (κ1) is 16.3. The van der Waals surface area contributed by atoms with Gasteiger partial charge in [-0.1, -0.05) is 52.3 Å². The van der Waals surface area contributed by atoms with Gasteiger partial charge in [0, 0.05) is 4.47 Å². The van der Waals surface area contributed by atoms with Crippen LogP contribution in [0.1, 0.15) is 11.1 Å². The highest BCUT2D eigenvalue weighted by atomic mass is 79.9. The Balaban J connectivity index is 2.02. The molecule has 0 spiro atoms. The first-order chi connectivity index (χ1) is 12.6. The summed E-state index contributed by atoms with van der Waals surface area (Å²) in [5, 5.41) is 25.0. The van der Waals surface area contributed by atoms with Crippen molar-refractivity contribution in [2.45, 2.75) is 0 Å². The zero-order valence-corrected chi connectivity index (χ0v) is 15.0. The number of aromatic nitrogens is 1. The summed E-state index contributed by atoms with van der Waals surface area (Å²) in [4.78, 5) is 14.9. The second-order valence-corrected chi connectivity index (χ2v) is 6.56. The van der Waals surface area contributed by atoms with E-state index in [0.29, 0.717) is 5.69 Å². The molecule has 6 nitrogen and oxygen atoms in total. The molecule has 0 atom stereocenters. The van der Waals surface area contributed by atoms with E-state index in [4.69, 9.17) is 5.41 Å². The Bertz CT molecular complexity index is 1200. The van der Waals surface area contributed by atoms with Gasteiger partial charge < -0.3 is 5.11 Å². The number of halogens is 1. The number of aromatic amines is 1. The lowest BCUT2D eigenvalue weighted by atomic mass is 10.1. The summed E-state index contributed by atoms with van der Waals surface area (Å²) in [5.74, 6) is -0.358. The Kier molecular flexibility index (Phi) is 3.93. The Hall–Kier alpha value is -3.19. The lowest BCUT2D eigenvalue weighted by Gasteiger charge is -2.13. The molecule has 0 amide bonds. The molecule has 0 aliphatic carbocycles. The number of rotatable bonds is 2. The number of aromatic hydroxyl groups is 1. The highest BCUT2D eigenvalue weighted by molar-refractivity contribution is 9.10. The number of nitrogens with one attached hydrogen (secondary N) is 2. The predicted molar refractivity (Wildman–Crippen MR) is 103 cm³/mol. The van der Waals surface area contributed by atoms with Crippen LogP contribution in [0.2, 0.25) is 0 Å². The number of hydrogen-bond donors (Lipinski definition) is 3. The predicted octanol–water partition coefficient (Wildman–Crippen LogP) is 2.05. The minimum absolute atomic E-state index is 0.00160. The molecule has 128 valence electrons. The van der Waals surface area contributed by atoms with Gasteiger partial charge in [-0.05, 0) is 29.8 Å². The lowest BCUT2D eigenvalue weighted by Crippen LogP contribution is -2.42. The smallest absolute Gasteiger partial charge is 0.260 e. The number of amidine groups is 1. The van der Waals surface area contributed by atoms with Gasteiger partial charge in [0.15, 0.2) is 5.84 Å². The molecule has 1 aliphatic heterocycles. The number of H-pyrrole nitrogens is 1. The van der Waals surface area contributed by atoms with Gasteiger partial charge in [-0.25, -0.2) is 5.01 Å². The van der Waals surface area contributed by atoms with Crippen LogP contribution in [0.5, 0.6) is 5.88 Å². The summed E-state index contributed by atoms with van der Waals surface area (Å²) < 4.78 is 0.828. The van der Waals surface area contributed by atoms with Crippen LogP contribution in [0.25, 0.3) is 6.08 Å². The van der Waals surface area contributed by atoms with E-state index in [1.54, 1.807) is 18.2 Å². The molecule has 0 bridgehead atoms. The number of nitrogens with zero attached hydrogens (tertiary/aromatic N) is 2. The van der Waals surface area contributed by atoms with E-state index in [-0.39, 0.29) is 27.9 Å². The molecule has 3 N–H and O–H groups in total. The van der Waals surface area contributed by atoms with Crippen molar-refractivity contribution in [1.29, 1.82) is 5.41 Å². The molecule has 1 aliphatic rings. The topological polar surface area (TPSA) is 92.5 Å². The van der Waals surface area contributed by atoms with Crippen molar-refractivity contribution in [2.24, 2.45) is 5.10 Å². The van der Waals surface area contributed by atoms with Gasteiger partial charge in [0.05, 0.1) is 10.9 Å². The molecule has 0 fully saturated rings. The van der Waals surface area contributed by atoms with E-state index < -0.39 is 5.56 Å². The molecule has 4 rings (SSSR count). The van der Waals surface area contributed by atoms with Crippen LogP contribution in [0.15, 0.2) is 69.0 Å². The number of benzene rings is 2. The van der Waals surface area contributed by atoms with Crippen molar-refractivity contribution in [3.05, 3.63) is 91.1 Å². The summed E-state index contributed by atoms with van der Waals surface area (Å²) in [6, 6.07) is 16.6. The number of pyridine rings is 1. The maximum absolute atomic E-state index is 12.5. The van der Waals surface area contributed by atoms with Crippen LogP contribution in [-0.4, -0.2) is 15.9 Å². The minimum Gasteiger partial charge on any atom is -0.494 e. The van der Waals surface area contributed by atoms with Crippen LogP contribution >= 0.6 is 15.9 Å². The van der Waals surface area contributed by atoms with Crippen LogP contribution in [0, 0.1) is 5.41 Å². The van der Waals surface area contributed by atoms with Gasteiger partial charge in [0.1, 0.15) is 10.9 Å². The second kappa shape index (κ2) is 6.27. The third kappa shape index (κ3) is 2.62. The Labute approximate surface area is 156 Å². The third-order valence-corrected chi connectivity index (χ3v) is 4.78. The van der Waals surface area contributed by atoms with Gasteiger partial charge in [-0.3, -0.25) is 15.2 Å². The van der Waals surface area contributed by atoms with E-state index in [1.165, 1.54) is 5.01 Å². The van der Waals surface area contributed by atoms with E-state index in [9.17, 15) is 9.90 Å². The maximum Gasteiger partial charge on any atom is 0.260 e. The molecule has 2 aromatic carbocycles.